The highest BCUT2D eigenvalue weighted by molar-refractivity contribution is 6.12. The molecular weight excluding hydrogens is 581 g/mol. The molecule has 0 fully saturated rings. The number of nitrogens with zero attached hydrogens (tertiary/aromatic N) is 2. The largest absolute Gasteiger partial charge is 0.333 e. The van der Waals surface area contributed by atoms with Gasteiger partial charge in [-0.1, -0.05) is 140 Å². The van der Waals surface area contributed by atoms with Gasteiger partial charge in [-0.15, -0.1) is 0 Å². The molecule has 2 unspecified atom stereocenters. The van der Waals surface area contributed by atoms with Gasteiger partial charge < -0.3 is 9.47 Å². The minimum absolute atomic E-state index is 0.208. The highest BCUT2D eigenvalue weighted by atomic mass is 15.2. The van der Waals surface area contributed by atoms with Crippen molar-refractivity contribution in [2.45, 2.75) is 12.0 Å². The lowest BCUT2D eigenvalue weighted by Crippen LogP contribution is -2.28. The number of fused-ring (bicyclic) bond motifs is 8. The molecule has 2 heteroatoms. The fraction of sp³-hybridized carbons (Fsp3) is 0.0435. The van der Waals surface area contributed by atoms with Gasteiger partial charge in [0.15, 0.2) is 0 Å². The Labute approximate surface area is 280 Å². The molecular formula is C46H32N2. The Balaban J connectivity index is 1.14. The van der Waals surface area contributed by atoms with Crippen molar-refractivity contribution in [3.05, 3.63) is 188 Å². The third-order valence-corrected chi connectivity index (χ3v) is 10.3. The van der Waals surface area contributed by atoms with Gasteiger partial charge in [0, 0.05) is 39.3 Å². The normalized spacial score (nSPS) is 16.5. The van der Waals surface area contributed by atoms with Crippen LogP contribution in [0.15, 0.2) is 182 Å². The van der Waals surface area contributed by atoms with Gasteiger partial charge in [0.2, 0.25) is 0 Å². The number of allylic oxidation sites excluding steroid dienone is 2. The SMILES string of the molecule is C1=CC2c3c(ccc4c5ccccc5n(-c5ccc(-c6ccc7ccccc7c6)cc5)c34)N(c3ccc(-c4ccccc4)cc3)C2C=C1. The van der Waals surface area contributed by atoms with Crippen LogP contribution in [0.1, 0.15) is 11.5 Å². The molecule has 2 nitrogen and oxygen atoms in total. The molecule has 7 aromatic carbocycles. The van der Waals surface area contributed by atoms with Crippen LogP contribution in [0.25, 0.3) is 60.5 Å². The topological polar surface area (TPSA) is 8.17 Å². The molecule has 0 amide bonds. The standard InChI is InChI=1S/C46H32N2/c1-2-10-31(11-3-1)33-20-24-37(25-21-33)47-43-17-9-7-15-41(43)45-44(47)29-28-40-39-14-6-8-16-42(39)48(46(40)45)38-26-22-34(23-27-38)36-19-18-32-12-4-5-13-35(32)30-36/h1-30,41,43H. The van der Waals surface area contributed by atoms with Gasteiger partial charge in [0.25, 0.3) is 0 Å². The van der Waals surface area contributed by atoms with E-state index in [-0.39, 0.29) is 12.0 Å². The fourth-order valence-corrected chi connectivity index (χ4v) is 8.08. The number of benzene rings is 7. The van der Waals surface area contributed by atoms with E-state index in [0.29, 0.717) is 0 Å². The van der Waals surface area contributed by atoms with E-state index in [1.807, 2.05) is 0 Å². The lowest BCUT2D eigenvalue weighted by molar-refractivity contribution is 0.746. The molecule has 8 aromatic rings. The van der Waals surface area contributed by atoms with E-state index in [2.05, 4.69) is 191 Å². The van der Waals surface area contributed by atoms with Gasteiger partial charge in [0.05, 0.1) is 17.1 Å². The van der Waals surface area contributed by atoms with Crippen LogP contribution in [-0.2, 0) is 0 Å². The van der Waals surface area contributed by atoms with E-state index in [0.717, 1.165) is 0 Å². The van der Waals surface area contributed by atoms with Crippen LogP contribution >= 0.6 is 0 Å². The zero-order chi connectivity index (χ0) is 31.6. The molecule has 1 aliphatic carbocycles. The van der Waals surface area contributed by atoms with Gasteiger partial charge in [-0.3, -0.25) is 0 Å². The Morgan fingerprint density at radius 2 is 1.08 bits per heavy atom. The number of hydrogen-bond donors (Lipinski definition) is 0. The maximum Gasteiger partial charge on any atom is 0.0630 e. The van der Waals surface area contributed by atoms with Crippen LogP contribution < -0.4 is 4.90 Å². The first-order valence-corrected chi connectivity index (χ1v) is 16.8. The first-order valence-electron chi connectivity index (χ1n) is 16.8. The lowest BCUT2D eigenvalue weighted by Gasteiger charge is -2.28. The molecule has 1 aliphatic heterocycles. The average Bonchev–Trinajstić information content (AvgIpc) is 3.68. The van der Waals surface area contributed by atoms with Crippen LogP contribution in [0.2, 0.25) is 0 Å². The second-order valence-corrected chi connectivity index (χ2v) is 12.9. The summed E-state index contributed by atoms with van der Waals surface area (Å²) in [7, 11) is 0. The Morgan fingerprint density at radius 1 is 0.438 bits per heavy atom. The molecule has 0 spiro atoms. The maximum atomic E-state index is 2.54. The quantitative estimate of drug-likeness (QED) is 0.192. The van der Waals surface area contributed by atoms with Crippen molar-refractivity contribution in [1.82, 2.24) is 4.57 Å². The van der Waals surface area contributed by atoms with E-state index in [1.54, 1.807) is 0 Å². The zero-order valence-corrected chi connectivity index (χ0v) is 26.4. The maximum absolute atomic E-state index is 2.54. The highest BCUT2D eigenvalue weighted by Gasteiger charge is 2.40. The molecule has 0 N–H and O–H groups in total. The highest BCUT2D eigenvalue weighted by Crippen LogP contribution is 2.52. The van der Waals surface area contributed by atoms with Gasteiger partial charge in [-0.25, -0.2) is 0 Å². The number of hydrogen-bond acceptors (Lipinski definition) is 1. The summed E-state index contributed by atoms with van der Waals surface area (Å²) in [4.78, 5) is 2.54. The van der Waals surface area contributed by atoms with Crippen molar-refractivity contribution in [3.8, 4) is 27.9 Å². The molecule has 10 rings (SSSR count). The predicted molar refractivity (Wildman–Crippen MR) is 203 cm³/mol. The summed E-state index contributed by atoms with van der Waals surface area (Å²) >= 11 is 0. The third-order valence-electron chi connectivity index (χ3n) is 10.3. The molecule has 0 radical (unpaired) electrons. The zero-order valence-electron chi connectivity index (χ0n) is 26.4. The Morgan fingerprint density at radius 3 is 1.92 bits per heavy atom. The van der Waals surface area contributed by atoms with Crippen molar-refractivity contribution in [1.29, 1.82) is 0 Å². The summed E-state index contributed by atoms with van der Waals surface area (Å²) in [5.74, 6) is 0.238. The van der Waals surface area contributed by atoms with Crippen molar-refractivity contribution < 1.29 is 0 Å². The second kappa shape index (κ2) is 10.7. The summed E-state index contributed by atoms with van der Waals surface area (Å²) in [6.07, 6.45) is 9.19. The molecule has 0 saturated heterocycles. The van der Waals surface area contributed by atoms with Crippen molar-refractivity contribution in [2.24, 2.45) is 0 Å². The van der Waals surface area contributed by atoms with Crippen LogP contribution in [0.3, 0.4) is 0 Å². The minimum Gasteiger partial charge on any atom is -0.333 e. The van der Waals surface area contributed by atoms with E-state index in [9.17, 15) is 0 Å². The van der Waals surface area contributed by atoms with E-state index in [4.69, 9.17) is 0 Å². The summed E-state index contributed by atoms with van der Waals surface area (Å²) in [6, 6.07) is 57.9. The fourth-order valence-electron chi connectivity index (χ4n) is 8.08. The first-order chi connectivity index (χ1) is 23.8. The smallest absolute Gasteiger partial charge is 0.0630 e. The van der Waals surface area contributed by atoms with Crippen LogP contribution in [0.5, 0.6) is 0 Å². The van der Waals surface area contributed by atoms with Gasteiger partial charge in [-0.2, -0.15) is 0 Å². The monoisotopic (exact) mass is 612 g/mol. The molecule has 1 aromatic heterocycles. The van der Waals surface area contributed by atoms with Gasteiger partial charge in [-0.05, 0) is 75.5 Å². The molecule has 226 valence electrons. The number of anilines is 2. The van der Waals surface area contributed by atoms with E-state index >= 15 is 0 Å². The number of rotatable bonds is 4. The van der Waals surface area contributed by atoms with Crippen molar-refractivity contribution in [2.75, 3.05) is 4.90 Å². The number of aromatic nitrogens is 1. The predicted octanol–water partition coefficient (Wildman–Crippen LogP) is 12.0. The number of para-hydroxylation sites is 1. The van der Waals surface area contributed by atoms with E-state index in [1.165, 1.54) is 77.5 Å². The van der Waals surface area contributed by atoms with Gasteiger partial charge in [0.1, 0.15) is 0 Å². The van der Waals surface area contributed by atoms with Crippen LogP contribution in [0.4, 0.5) is 11.4 Å². The van der Waals surface area contributed by atoms with E-state index < -0.39 is 0 Å². The average molecular weight is 613 g/mol. The Hall–Kier alpha value is -6.12. The molecule has 0 bridgehead atoms. The molecule has 48 heavy (non-hydrogen) atoms. The summed E-state index contributed by atoms with van der Waals surface area (Å²) in [6.45, 7) is 0. The molecule has 2 atom stereocenters. The summed E-state index contributed by atoms with van der Waals surface area (Å²) in [5.41, 5.74) is 12.5. The Kier molecular flexibility index (Phi) is 6.04. The molecule has 2 heterocycles. The first kappa shape index (κ1) is 27.0. The van der Waals surface area contributed by atoms with Crippen LogP contribution in [-0.4, -0.2) is 10.6 Å². The summed E-state index contributed by atoms with van der Waals surface area (Å²) < 4.78 is 2.50. The third kappa shape index (κ3) is 4.13. The lowest BCUT2D eigenvalue weighted by atomic mass is 9.90. The molecule has 0 saturated carbocycles. The van der Waals surface area contributed by atoms with Gasteiger partial charge >= 0.3 is 0 Å². The molecule has 2 aliphatic rings. The minimum atomic E-state index is 0.208. The van der Waals surface area contributed by atoms with Crippen molar-refractivity contribution >= 4 is 44.0 Å². The summed E-state index contributed by atoms with van der Waals surface area (Å²) in [5, 5.41) is 5.11. The van der Waals surface area contributed by atoms with Crippen LogP contribution in [0, 0.1) is 0 Å². The van der Waals surface area contributed by atoms with Crippen molar-refractivity contribution in [3.63, 3.8) is 0 Å². The second-order valence-electron chi connectivity index (χ2n) is 12.9. The Bertz CT molecular complexity index is 2550.